The van der Waals surface area contributed by atoms with Gasteiger partial charge in [-0.3, -0.25) is 4.79 Å². The molecule has 3 aromatic rings. The van der Waals surface area contributed by atoms with E-state index >= 15 is 0 Å². The Kier molecular flexibility index (Phi) is 5.39. The molecule has 28 heavy (non-hydrogen) atoms. The monoisotopic (exact) mass is 445 g/mol. The summed E-state index contributed by atoms with van der Waals surface area (Å²) >= 11 is 7.04. The van der Waals surface area contributed by atoms with Crippen LogP contribution in [-0.4, -0.2) is 19.3 Å². The number of phenols is 1. The largest absolute Gasteiger partial charge is 0.505 e. The highest BCUT2D eigenvalue weighted by Crippen LogP contribution is 2.37. The third-order valence-electron chi connectivity index (χ3n) is 3.55. The molecule has 0 atom stereocenters. The molecule has 0 saturated carbocycles. The van der Waals surface area contributed by atoms with Crippen molar-refractivity contribution in [1.29, 1.82) is 0 Å². The number of nitrogens with two attached hydrogens (primary N) is 1. The first-order chi connectivity index (χ1) is 13.1. The number of carbonyl (C=O) groups is 1. The minimum Gasteiger partial charge on any atom is -0.505 e. The van der Waals surface area contributed by atoms with Crippen molar-refractivity contribution in [3.05, 3.63) is 69.6 Å². The Labute approximate surface area is 167 Å². The van der Waals surface area contributed by atoms with Crippen molar-refractivity contribution in [3.63, 3.8) is 0 Å². The lowest BCUT2D eigenvalue weighted by atomic mass is 10.1. The Hall–Kier alpha value is -2.53. The Morgan fingerprint density at radius 3 is 2.50 bits per heavy atom. The molecule has 6 nitrogen and oxygen atoms in total. The van der Waals surface area contributed by atoms with Gasteiger partial charge in [-0.1, -0.05) is 11.6 Å². The summed E-state index contributed by atoms with van der Waals surface area (Å²) in [7, 11) is -4.21. The predicted molar refractivity (Wildman–Crippen MR) is 100.0 cm³/mol. The summed E-state index contributed by atoms with van der Waals surface area (Å²) in [4.78, 5) is 13.0. The third kappa shape index (κ3) is 4.14. The van der Waals surface area contributed by atoms with Gasteiger partial charge >= 0.3 is 10.3 Å². The molecule has 0 unspecified atom stereocenters. The van der Waals surface area contributed by atoms with Crippen LogP contribution in [0.5, 0.6) is 11.5 Å². The zero-order valence-corrected chi connectivity index (χ0v) is 16.0. The minimum atomic E-state index is -4.21. The first-order valence-electron chi connectivity index (χ1n) is 7.40. The van der Waals surface area contributed by atoms with E-state index < -0.39 is 39.0 Å². The Morgan fingerprint density at radius 2 is 1.86 bits per heavy atom. The van der Waals surface area contributed by atoms with E-state index in [0.717, 1.165) is 23.5 Å². The lowest BCUT2D eigenvalue weighted by molar-refractivity contribution is 0.103. The zero-order valence-electron chi connectivity index (χ0n) is 13.6. The van der Waals surface area contributed by atoms with Gasteiger partial charge in [0.15, 0.2) is 11.6 Å². The molecular weight excluding hydrogens is 436 g/mol. The molecule has 1 heterocycles. The fourth-order valence-corrected chi connectivity index (χ4v) is 4.05. The molecule has 0 aliphatic heterocycles. The smallest absolute Gasteiger partial charge is 0.380 e. The highest BCUT2D eigenvalue weighted by Gasteiger charge is 2.23. The highest BCUT2D eigenvalue weighted by atomic mass is 35.5. The fraction of sp³-hybridized carbons (Fsp3) is 0. The van der Waals surface area contributed by atoms with Crippen molar-refractivity contribution >= 4 is 39.0 Å². The molecule has 3 N–H and O–H groups in total. The van der Waals surface area contributed by atoms with Crippen molar-refractivity contribution < 1.29 is 31.3 Å². The summed E-state index contributed by atoms with van der Waals surface area (Å²) in [6.07, 6.45) is 0. The quantitative estimate of drug-likeness (QED) is 0.580. The molecule has 0 spiro atoms. The second kappa shape index (κ2) is 7.47. The minimum absolute atomic E-state index is 0.0133. The van der Waals surface area contributed by atoms with Crippen LogP contribution in [0.4, 0.5) is 8.78 Å². The Morgan fingerprint density at radius 1 is 1.14 bits per heavy atom. The van der Waals surface area contributed by atoms with Gasteiger partial charge in [0.1, 0.15) is 11.6 Å². The second-order valence-electron chi connectivity index (χ2n) is 5.47. The zero-order chi connectivity index (χ0) is 20.6. The summed E-state index contributed by atoms with van der Waals surface area (Å²) in [6.45, 7) is 0. The number of hydrogen-bond donors (Lipinski definition) is 2. The van der Waals surface area contributed by atoms with E-state index in [1.165, 1.54) is 30.3 Å². The number of aromatic hydroxyl groups is 1. The number of thiophene rings is 1. The third-order valence-corrected chi connectivity index (χ3v) is 5.40. The van der Waals surface area contributed by atoms with E-state index in [1.54, 1.807) is 0 Å². The van der Waals surface area contributed by atoms with E-state index in [2.05, 4.69) is 4.18 Å². The molecular formula is C17H10ClF2NO5S2. The van der Waals surface area contributed by atoms with Gasteiger partial charge in [0, 0.05) is 16.5 Å². The van der Waals surface area contributed by atoms with Gasteiger partial charge in [-0.15, -0.1) is 11.3 Å². The lowest BCUT2D eigenvalue weighted by Gasteiger charge is -2.06. The number of rotatable bonds is 5. The summed E-state index contributed by atoms with van der Waals surface area (Å²) in [5.41, 5.74) is -0.430. The maximum absolute atomic E-state index is 14.0. The standard InChI is InChI=1S/C17H10ClF2NO5S2/c18-10-7-8(26-28(21,24)25)1-2-9(10)13-5-6-14(27-13)17(23)15-11(19)3-4-12(22)16(15)20/h1-7,22H,(H2,21,24,25). The van der Waals surface area contributed by atoms with Crippen LogP contribution in [0.1, 0.15) is 15.2 Å². The van der Waals surface area contributed by atoms with Crippen LogP contribution in [0.25, 0.3) is 10.4 Å². The predicted octanol–water partition coefficient (Wildman–Crippen LogP) is 3.87. The number of halogens is 3. The topological polar surface area (TPSA) is 107 Å². The molecule has 0 aliphatic rings. The molecule has 0 aliphatic carbocycles. The van der Waals surface area contributed by atoms with Crippen molar-refractivity contribution in [2.24, 2.45) is 5.14 Å². The fourth-order valence-electron chi connectivity index (χ4n) is 2.36. The van der Waals surface area contributed by atoms with Crippen molar-refractivity contribution in [1.82, 2.24) is 0 Å². The van der Waals surface area contributed by atoms with Crippen molar-refractivity contribution in [2.75, 3.05) is 0 Å². The number of carbonyl (C=O) groups excluding carboxylic acids is 1. The highest BCUT2D eigenvalue weighted by molar-refractivity contribution is 7.84. The molecule has 0 saturated heterocycles. The van der Waals surface area contributed by atoms with Crippen LogP contribution in [0.3, 0.4) is 0 Å². The van der Waals surface area contributed by atoms with Gasteiger partial charge in [-0.05, 0) is 36.4 Å². The molecule has 0 amide bonds. The SMILES string of the molecule is NS(=O)(=O)Oc1ccc(-c2ccc(C(=O)c3c(F)ccc(O)c3F)s2)c(Cl)c1. The van der Waals surface area contributed by atoms with Gasteiger partial charge in [0.25, 0.3) is 0 Å². The van der Waals surface area contributed by atoms with Crippen LogP contribution in [-0.2, 0) is 10.3 Å². The van der Waals surface area contributed by atoms with Gasteiger partial charge in [-0.2, -0.15) is 13.6 Å². The molecule has 2 aromatic carbocycles. The van der Waals surface area contributed by atoms with Crippen LogP contribution in [0, 0.1) is 11.6 Å². The van der Waals surface area contributed by atoms with E-state index in [-0.39, 0.29) is 15.6 Å². The molecule has 146 valence electrons. The number of hydrogen-bond acceptors (Lipinski definition) is 6. The number of phenolic OH excluding ortho intramolecular Hbond substituents is 1. The molecule has 11 heteroatoms. The summed E-state index contributed by atoms with van der Waals surface area (Å²) in [5, 5.41) is 14.3. The Bertz CT molecular complexity index is 1190. The van der Waals surface area contributed by atoms with Crippen molar-refractivity contribution in [3.8, 4) is 21.9 Å². The molecule has 1 aromatic heterocycles. The van der Waals surface area contributed by atoms with Gasteiger partial charge < -0.3 is 9.29 Å². The lowest BCUT2D eigenvalue weighted by Crippen LogP contribution is -2.18. The molecule has 0 bridgehead atoms. The van der Waals surface area contributed by atoms with Crippen LogP contribution in [0.2, 0.25) is 5.02 Å². The van der Waals surface area contributed by atoms with Crippen LogP contribution in [0.15, 0.2) is 42.5 Å². The summed E-state index contributed by atoms with van der Waals surface area (Å²) < 4.78 is 54.3. The first-order valence-corrected chi connectivity index (χ1v) is 10.1. The van der Waals surface area contributed by atoms with Gasteiger partial charge in [0.05, 0.1) is 15.5 Å². The van der Waals surface area contributed by atoms with Crippen LogP contribution < -0.4 is 9.32 Å². The molecule has 3 rings (SSSR count). The van der Waals surface area contributed by atoms with Gasteiger partial charge in [-0.25, -0.2) is 8.78 Å². The molecule has 0 radical (unpaired) electrons. The second-order valence-corrected chi connectivity index (χ2v) is 8.11. The number of ketones is 1. The average molecular weight is 446 g/mol. The van der Waals surface area contributed by atoms with E-state index in [0.29, 0.717) is 10.4 Å². The average Bonchev–Trinajstić information content (AvgIpc) is 3.07. The van der Waals surface area contributed by atoms with Gasteiger partial charge in [0.2, 0.25) is 5.78 Å². The number of benzene rings is 2. The van der Waals surface area contributed by atoms with Crippen molar-refractivity contribution in [2.45, 2.75) is 0 Å². The first kappa shape index (κ1) is 20.2. The summed E-state index contributed by atoms with van der Waals surface area (Å²) in [5.74, 6) is -4.32. The normalized spacial score (nSPS) is 11.4. The molecule has 0 fully saturated rings. The van der Waals surface area contributed by atoms with E-state index in [4.69, 9.17) is 16.7 Å². The Balaban J connectivity index is 1.95. The maximum atomic E-state index is 14.0. The van der Waals surface area contributed by atoms with E-state index in [1.807, 2.05) is 0 Å². The van der Waals surface area contributed by atoms with E-state index in [9.17, 15) is 27.1 Å². The van der Waals surface area contributed by atoms with Crippen LogP contribution >= 0.6 is 22.9 Å². The summed E-state index contributed by atoms with van der Waals surface area (Å²) in [6, 6.07) is 8.44. The maximum Gasteiger partial charge on any atom is 0.380 e.